The average Bonchev–Trinajstić information content (AvgIpc) is 3.77. The number of fused-ring (bicyclic) bond motifs is 10. The fourth-order valence-electron chi connectivity index (χ4n) is 9.72. The van der Waals surface area contributed by atoms with Crippen LogP contribution in [0.5, 0.6) is 0 Å². The van der Waals surface area contributed by atoms with Crippen LogP contribution >= 0.6 is 0 Å². The van der Waals surface area contributed by atoms with Crippen molar-refractivity contribution < 1.29 is 0 Å². The van der Waals surface area contributed by atoms with Crippen molar-refractivity contribution in [2.24, 2.45) is 0 Å². The molecule has 12 rings (SSSR count). The van der Waals surface area contributed by atoms with E-state index in [0.29, 0.717) is 0 Å². The van der Waals surface area contributed by atoms with E-state index in [9.17, 15) is 0 Å². The maximum absolute atomic E-state index is 2.51. The molecule has 12 aromatic carbocycles. The lowest BCUT2D eigenvalue weighted by molar-refractivity contribution is 1.66. The topological polar surface area (TPSA) is 0 Å². The largest absolute Gasteiger partial charge is 0.0622 e. The molecule has 0 N–H and O–H groups in total. The molecule has 0 amide bonds. The molecule has 0 nitrogen and oxygen atoms in total. The molecule has 0 saturated heterocycles. The second-order valence-electron chi connectivity index (χ2n) is 15.1. The summed E-state index contributed by atoms with van der Waals surface area (Å²) in [5.74, 6) is 0. The fraction of sp³-hybridized carbons (Fsp3) is 0. The van der Waals surface area contributed by atoms with Crippen molar-refractivity contribution in [1.29, 1.82) is 0 Å². The highest BCUT2D eigenvalue weighted by Crippen LogP contribution is 2.52. The highest BCUT2D eigenvalue weighted by atomic mass is 14.3. The van der Waals surface area contributed by atoms with E-state index in [4.69, 9.17) is 0 Å². The number of rotatable bonds is 5. The van der Waals surface area contributed by atoms with Gasteiger partial charge < -0.3 is 0 Å². The van der Waals surface area contributed by atoms with Crippen LogP contribution in [0, 0.1) is 0 Å². The van der Waals surface area contributed by atoms with E-state index >= 15 is 0 Å². The Morgan fingerprint density at radius 1 is 0.232 bits per heavy atom. The van der Waals surface area contributed by atoms with Crippen LogP contribution in [-0.4, -0.2) is 0 Å². The zero-order valence-corrected chi connectivity index (χ0v) is 30.6. The highest BCUT2D eigenvalue weighted by Gasteiger charge is 2.25. The molecule has 0 spiro atoms. The van der Waals surface area contributed by atoms with Crippen molar-refractivity contribution in [3.8, 4) is 11.1 Å². The third-order valence-electron chi connectivity index (χ3n) is 12.1. The lowest BCUT2D eigenvalue weighted by Crippen LogP contribution is -1.90. The molecule has 0 saturated carbocycles. The molecule has 56 heavy (non-hydrogen) atoms. The molecule has 0 heteroatoms. The standard InChI is InChI=1S/C56H34/c1-4-15-35(16-5-1)27-29-44-49-34-48-42-24-13-12-23-41(42)43-25-14-26-45(52(43)48)53(49)46(30-28-36-17-6-2-7-18-36)56-50-31-38-21-10-11-22-40(38)47-32-39(37-19-8-3-9-20-37)33-51(54(47)50)55(44)56/h1-34H/b29-27+,30-28+. The van der Waals surface area contributed by atoms with Crippen molar-refractivity contribution in [1.82, 2.24) is 0 Å². The molecule has 0 aliphatic rings. The van der Waals surface area contributed by atoms with Crippen LogP contribution in [0.25, 0.3) is 122 Å². The summed E-state index contributed by atoms with van der Waals surface area (Å²) in [5, 5.41) is 20.9. The van der Waals surface area contributed by atoms with Gasteiger partial charge in [0.1, 0.15) is 0 Å². The molecule has 0 atom stereocenters. The van der Waals surface area contributed by atoms with Crippen LogP contribution < -0.4 is 0 Å². The van der Waals surface area contributed by atoms with Gasteiger partial charge in [0.2, 0.25) is 0 Å². The Balaban J connectivity index is 1.37. The fourth-order valence-corrected chi connectivity index (χ4v) is 9.72. The Kier molecular flexibility index (Phi) is 6.73. The van der Waals surface area contributed by atoms with Crippen molar-refractivity contribution >= 4 is 110 Å². The third-order valence-corrected chi connectivity index (χ3v) is 12.1. The average molecular weight is 707 g/mol. The van der Waals surface area contributed by atoms with Gasteiger partial charge in [0.25, 0.3) is 0 Å². The normalized spacial score (nSPS) is 12.5. The molecule has 0 unspecified atom stereocenters. The summed E-state index contributed by atoms with van der Waals surface area (Å²) >= 11 is 0. The minimum Gasteiger partial charge on any atom is -0.0622 e. The Bertz CT molecular complexity index is 3540. The van der Waals surface area contributed by atoms with Crippen LogP contribution in [0.15, 0.2) is 182 Å². The maximum Gasteiger partial charge on any atom is -0.00132 e. The van der Waals surface area contributed by atoms with Crippen LogP contribution in [0.3, 0.4) is 0 Å². The Morgan fingerprint density at radius 3 is 1.46 bits per heavy atom. The zero-order valence-electron chi connectivity index (χ0n) is 30.6. The first-order valence-electron chi connectivity index (χ1n) is 19.5. The molecule has 12 aromatic rings. The van der Waals surface area contributed by atoms with Crippen LogP contribution in [-0.2, 0) is 0 Å². The van der Waals surface area contributed by atoms with E-state index in [0.717, 1.165) is 0 Å². The first kappa shape index (κ1) is 31.1. The van der Waals surface area contributed by atoms with Crippen LogP contribution in [0.1, 0.15) is 22.3 Å². The highest BCUT2D eigenvalue weighted by molar-refractivity contribution is 6.43. The van der Waals surface area contributed by atoms with Gasteiger partial charge in [-0.2, -0.15) is 0 Å². The quantitative estimate of drug-likeness (QED) is 0.123. The summed E-state index contributed by atoms with van der Waals surface area (Å²) in [6.07, 6.45) is 9.42. The van der Waals surface area contributed by atoms with Gasteiger partial charge in [-0.1, -0.05) is 182 Å². The zero-order chi connectivity index (χ0) is 36.7. The van der Waals surface area contributed by atoms with Crippen molar-refractivity contribution in [2.75, 3.05) is 0 Å². The van der Waals surface area contributed by atoms with Crippen molar-refractivity contribution in [3.63, 3.8) is 0 Å². The lowest BCUT2D eigenvalue weighted by atomic mass is 9.87. The van der Waals surface area contributed by atoms with Gasteiger partial charge in [-0.15, -0.1) is 0 Å². The third kappa shape index (κ3) is 4.54. The number of benzene rings is 10. The van der Waals surface area contributed by atoms with E-state index in [2.05, 4.69) is 206 Å². The first-order valence-corrected chi connectivity index (χ1v) is 19.5. The van der Waals surface area contributed by atoms with Gasteiger partial charge in [0, 0.05) is 0 Å². The van der Waals surface area contributed by atoms with Gasteiger partial charge in [-0.3, -0.25) is 0 Å². The summed E-state index contributed by atoms with van der Waals surface area (Å²) in [5.41, 5.74) is 7.36. The van der Waals surface area contributed by atoms with E-state index in [-0.39, 0.29) is 0 Å². The predicted molar refractivity (Wildman–Crippen MR) is 245 cm³/mol. The molecule has 0 radical (unpaired) electrons. The molecular weight excluding hydrogens is 673 g/mol. The Hall–Kier alpha value is -7.28. The van der Waals surface area contributed by atoms with Gasteiger partial charge >= 0.3 is 0 Å². The second-order valence-corrected chi connectivity index (χ2v) is 15.1. The molecule has 0 aliphatic carbocycles. The smallest absolute Gasteiger partial charge is 0.00132 e. The van der Waals surface area contributed by atoms with E-state index in [1.165, 1.54) is 120 Å². The first-order chi connectivity index (χ1) is 27.8. The lowest BCUT2D eigenvalue weighted by Gasteiger charge is -2.15. The molecule has 258 valence electrons. The Morgan fingerprint density at radius 2 is 0.732 bits per heavy atom. The van der Waals surface area contributed by atoms with Crippen molar-refractivity contribution in [3.05, 3.63) is 204 Å². The van der Waals surface area contributed by atoms with Crippen molar-refractivity contribution in [2.45, 2.75) is 0 Å². The molecular formula is C56H34. The minimum absolute atomic E-state index is 1.19. The van der Waals surface area contributed by atoms with Gasteiger partial charge in [0.15, 0.2) is 0 Å². The Labute approximate surface area is 324 Å². The van der Waals surface area contributed by atoms with Gasteiger partial charge in [-0.25, -0.2) is 0 Å². The van der Waals surface area contributed by atoms with Gasteiger partial charge in [-0.05, 0) is 144 Å². The SMILES string of the molecule is C(=C\c1c2cc3c4ccccc4c4cccc(c2c(/C=C/c2ccccc2)c2c5cc6ccccc6c6cc(-c7ccccc7)cc(c12)c65)c43)/c1ccccc1. The number of hydrogen-bond donors (Lipinski definition) is 0. The summed E-state index contributed by atoms with van der Waals surface area (Å²) in [6, 6.07) is 67.0. The maximum atomic E-state index is 2.51. The molecule has 0 aromatic heterocycles. The van der Waals surface area contributed by atoms with Gasteiger partial charge in [0.05, 0.1) is 0 Å². The minimum atomic E-state index is 1.19. The molecule has 0 bridgehead atoms. The summed E-state index contributed by atoms with van der Waals surface area (Å²) < 4.78 is 0. The number of hydrogen-bond acceptors (Lipinski definition) is 0. The molecule has 0 aliphatic heterocycles. The summed E-state index contributed by atoms with van der Waals surface area (Å²) in [6.45, 7) is 0. The second kappa shape index (κ2) is 12.1. The monoisotopic (exact) mass is 706 g/mol. The summed E-state index contributed by atoms with van der Waals surface area (Å²) in [4.78, 5) is 0. The van der Waals surface area contributed by atoms with E-state index in [1.807, 2.05) is 0 Å². The molecule has 0 heterocycles. The van der Waals surface area contributed by atoms with Crippen LogP contribution in [0.4, 0.5) is 0 Å². The van der Waals surface area contributed by atoms with E-state index < -0.39 is 0 Å². The van der Waals surface area contributed by atoms with Crippen LogP contribution in [0.2, 0.25) is 0 Å². The van der Waals surface area contributed by atoms with E-state index in [1.54, 1.807) is 0 Å². The summed E-state index contributed by atoms with van der Waals surface area (Å²) in [7, 11) is 0. The molecule has 0 fully saturated rings. The predicted octanol–water partition coefficient (Wildman–Crippen LogP) is 15.8.